The van der Waals surface area contributed by atoms with Crippen molar-refractivity contribution in [3.8, 4) is 22.6 Å². The minimum atomic E-state index is 0.655. The molecule has 2 nitrogen and oxygen atoms in total. The second kappa shape index (κ2) is 5.49. The number of nitrogen functional groups attached to an aromatic ring is 1. The molecule has 0 aromatic heterocycles. The Hall–Kier alpha value is -2.74. The van der Waals surface area contributed by atoms with Crippen LogP contribution in [0.1, 0.15) is 0 Å². The fourth-order valence-corrected chi connectivity index (χ4v) is 2.12. The lowest BCUT2D eigenvalue weighted by molar-refractivity contribution is 0.485. The van der Waals surface area contributed by atoms with Crippen molar-refractivity contribution in [3.05, 3.63) is 78.9 Å². The van der Waals surface area contributed by atoms with Gasteiger partial charge in [0.2, 0.25) is 0 Å². The molecule has 0 heterocycles. The van der Waals surface area contributed by atoms with Crippen molar-refractivity contribution < 1.29 is 4.74 Å². The summed E-state index contributed by atoms with van der Waals surface area (Å²) in [5.74, 6) is 1.46. The van der Waals surface area contributed by atoms with Crippen LogP contribution in [0.25, 0.3) is 11.1 Å². The summed E-state index contributed by atoms with van der Waals surface area (Å²) in [5, 5.41) is 0. The molecule has 3 aromatic carbocycles. The van der Waals surface area contributed by atoms with Crippen molar-refractivity contribution in [2.75, 3.05) is 5.73 Å². The minimum absolute atomic E-state index is 0.655. The molecule has 98 valence electrons. The predicted octanol–water partition coefficient (Wildman–Crippen LogP) is 4.73. The second-order valence-corrected chi connectivity index (χ2v) is 4.50. The highest BCUT2D eigenvalue weighted by molar-refractivity contribution is 5.80. The number of benzene rings is 3. The fourth-order valence-electron chi connectivity index (χ4n) is 2.12. The quantitative estimate of drug-likeness (QED) is 0.692. The van der Waals surface area contributed by atoms with Gasteiger partial charge < -0.3 is 10.5 Å². The van der Waals surface area contributed by atoms with Crippen molar-refractivity contribution in [2.24, 2.45) is 0 Å². The third kappa shape index (κ3) is 2.50. The molecule has 0 bridgehead atoms. The average molecular weight is 261 g/mol. The van der Waals surface area contributed by atoms with Gasteiger partial charge in [0.05, 0.1) is 5.69 Å². The zero-order chi connectivity index (χ0) is 13.8. The highest BCUT2D eigenvalue weighted by Crippen LogP contribution is 2.35. The Kier molecular flexibility index (Phi) is 3.38. The molecule has 0 saturated carbocycles. The zero-order valence-electron chi connectivity index (χ0n) is 11.0. The molecule has 20 heavy (non-hydrogen) atoms. The number of anilines is 1. The van der Waals surface area contributed by atoms with Crippen molar-refractivity contribution in [3.63, 3.8) is 0 Å². The maximum Gasteiger partial charge on any atom is 0.150 e. The normalized spacial score (nSPS) is 10.2. The summed E-state index contributed by atoms with van der Waals surface area (Å²) in [6.45, 7) is 0. The Balaban J connectivity index is 1.98. The number of ether oxygens (including phenoxy) is 1. The number of rotatable bonds is 3. The molecule has 0 aliphatic carbocycles. The first-order valence-corrected chi connectivity index (χ1v) is 6.51. The summed E-state index contributed by atoms with van der Waals surface area (Å²) in [6.07, 6.45) is 0. The maximum atomic E-state index is 6.24. The Labute approximate surface area is 118 Å². The number of nitrogens with two attached hydrogens (primary N) is 1. The van der Waals surface area contributed by atoms with E-state index in [1.165, 1.54) is 0 Å². The smallest absolute Gasteiger partial charge is 0.150 e. The summed E-state index contributed by atoms with van der Waals surface area (Å²) in [5.41, 5.74) is 8.97. The van der Waals surface area contributed by atoms with Gasteiger partial charge in [-0.2, -0.15) is 0 Å². The van der Waals surface area contributed by atoms with Crippen LogP contribution in [0.5, 0.6) is 11.5 Å². The van der Waals surface area contributed by atoms with E-state index in [0.29, 0.717) is 11.4 Å². The van der Waals surface area contributed by atoms with Gasteiger partial charge in [0, 0.05) is 5.56 Å². The first-order valence-electron chi connectivity index (χ1n) is 6.51. The van der Waals surface area contributed by atoms with Crippen LogP contribution in [0.3, 0.4) is 0 Å². The van der Waals surface area contributed by atoms with Crippen LogP contribution in [0.4, 0.5) is 5.69 Å². The molecule has 0 aliphatic heterocycles. The molecule has 0 spiro atoms. The molecule has 2 heteroatoms. The zero-order valence-corrected chi connectivity index (χ0v) is 11.0. The highest BCUT2D eigenvalue weighted by atomic mass is 16.5. The van der Waals surface area contributed by atoms with Crippen LogP contribution in [0.2, 0.25) is 0 Å². The summed E-state index contributed by atoms with van der Waals surface area (Å²) in [7, 11) is 0. The molecule has 0 atom stereocenters. The van der Waals surface area contributed by atoms with E-state index in [0.717, 1.165) is 16.9 Å². The minimum Gasteiger partial charge on any atom is -0.455 e. The standard InChI is InChI=1S/C18H15NO/c19-18-16(14-8-3-1-4-9-14)12-7-13-17(18)20-15-10-5-2-6-11-15/h1-13H,19H2. The van der Waals surface area contributed by atoms with E-state index in [4.69, 9.17) is 10.5 Å². The fraction of sp³-hybridized carbons (Fsp3) is 0. The first-order chi connectivity index (χ1) is 9.84. The van der Waals surface area contributed by atoms with E-state index in [-0.39, 0.29) is 0 Å². The lowest BCUT2D eigenvalue weighted by atomic mass is 10.0. The third-order valence-corrected chi connectivity index (χ3v) is 3.12. The Morgan fingerprint density at radius 2 is 1.30 bits per heavy atom. The van der Waals surface area contributed by atoms with Gasteiger partial charge in [-0.3, -0.25) is 0 Å². The third-order valence-electron chi connectivity index (χ3n) is 3.12. The van der Waals surface area contributed by atoms with Gasteiger partial charge in [0.1, 0.15) is 5.75 Å². The van der Waals surface area contributed by atoms with Gasteiger partial charge in [0.25, 0.3) is 0 Å². The highest BCUT2D eigenvalue weighted by Gasteiger charge is 2.08. The molecule has 0 unspecified atom stereocenters. The van der Waals surface area contributed by atoms with Crippen molar-refractivity contribution in [1.82, 2.24) is 0 Å². The summed E-state index contributed by atoms with van der Waals surface area (Å²) in [4.78, 5) is 0. The average Bonchev–Trinajstić information content (AvgIpc) is 2.51. The van der Waals surface area contributed by atoms with Gasteiger partial charge >= 0.3 is 0 Å². The molecule has 0 amide bonds. The van der Waals surface area contributed by atoms with Crippen LogP contribution in [0, 0.1) is 0 Å². The lowest BCUT2D eigenvalue weighted by Gasteiger charge is -2.12. The van der Waals surface area contributed by atoms with Crippen LogP contribution in [-0.4, -0.2) is 0 Å². The Morgan fingerprint density at radius 1 is 0.650 bits per heavy atom. The SMILES string of the molecule is Nc1c(Oc2ccccc2)cccc1-c1ccccc1. The van der Waals surface area contributed by atoms with Gasteiger partial charge in [-0.25, -0.2) is 0 Å². The molecule has 2 N–H and O–H groups in total. The summed E-state index contributed by atoms with van der Waals surface area (Å²) in [6, 6.07) is 25.6. The molecular formula is C18H15NO. The van der Waals surface area contributed by atoms with Gasteiger partial charge in [-0.15, -0.1) is 0 Å². The van der Waals surface area contributed by atoms with Gasteiger partial charge in [-0.05, 0) is 23.8 Å². The van der Waals surface area contributed by atoms with Gasteiger partial charge in [-0.1, -0.05) is 60.7 Å². The number of hydrogen-bond acceptors (Lipinski definition) is 2. The first kappa shape index (κ1) is 12.3. The van der Waals surface area contributed by atoms with Crippen molar-refractivity contribution in [2.45, 2.75) is 0 Å². The molecule has 0 fully saturated rings. The Morgan fingerprint density at radius 3 is 2.00 bits per heavy atom. The van der Waals surface area contributed by atoms with E-state index < -0.39 is 0 Å². The molecule has 0 radical (unpaired) electrons. The molecule has 3 aromatic rings. The predicted molar refractivity (Wildman–Crippen MR) is 82.8 cm³/mol. The van der Waals surface area contributed by atoms with Gasteiger partial charge in [0.15, 0.2) is 5.75 Å². The molecule has 3 rings (SSSR count). The molecule has 0 saturated heterocycles. The summed E-state index contributed by atoms with van der Waals surface area (Å²) >= 11 is 0. The van der Waals surface area contributed by atoms with Crippen LogP contribution in [0.15, 0.2) is 78.9 Å². The topological polar surface area (TPSA) is 35.2 Å². The van der Waals surface area contributed by atoms with Crippen molar-refractivity contribution >= 4 is 5.69 Å². The van der Waals surface area contributed by atoms with Crippen molar-refractivity contribution in [1.29, 1.82) is 0 Å². The second-order valence-electron chi connectivity index (χ2n) is 4.50. The van der Waals surface area contributed by atoms with E-state index in [2.05, 4.69) is 0 Å². The molecular weight excluding hydrogens is 246 g/mol. The van der Waals surface area contributed by atoms with E-state index in [1.807, 2.05) is 78.9 Å². The monoisotopic (exact) mass is 261 g/mol. The summed E-state index contributed by atoms with van der Waals surface area (Å²) < 4.78 is 5.85. The van der Waals surface area contributed by atoms with Crippen LogP contribution in [-0.2, 0) is 0 Å². The van der Waals surface area contributed by atoms with Crippen LogP contribution >= 0.6 is 0 Å². The maximum absolute atomic E-state index is 6.24. The van der Waals surface area contributed by atoms with E-state index in [9.17, 15) is 0 Å². The molecule has 0 aliphatic rings. The lowest BCUT2D eigenvalue weighted by Crippen LogP contribution is -1.95. The van der Waals surface area contributed by atoms with E-state index in [1.54, 1.807) is 0 Å². The van der Waals surface area contributed by atoms with E-state index >= 15 is 0 Å². The van der Waals surface area contributed by atoms with Crippen LogP contribution < -0.4 is 10.5 Å². The largest absolute Gasteiger partial charge is 0.455 e. The Bertz CT molecular complexity index is 693. The number of hydrogen-bond donors (Lipinski definition) is 1. The number of para-hydroxylation sites is 2.